The number of benzene rings is 1. The third kappa shape index (κ3) is 5.64. The van der Waals surface area contributed by atoms with Gasteiger partial charge in [-0.3, -0.25) is 9.69 Å². The summed E-state index contributed by atoms with van der Waals surface area (Å²) in [5, 5.41) is 3.10. The normalized spacial score (nSPS) is 21.5. The molecule has 154 valence electrons. The Hall–Kier alpha value is -2.22. The van der Waals surface area contributed by atoms with E-state index in [1.54, 1.807) is 11.0 Å². The number of piperidine rings is 2. The van der Waals surface area contributed by atoms with Crippen molar-refractivity contribution in [3.8, 4) is 0 Å². The number of urea groups is 1. The first kappa shape index (κ1) is 20.5. The number of carbonyl (C=O) groups is 2. The number of hydrogen-bond acceptors (Lipinski definition) is 3. The average molecular weight is 394 g/mol. The second-order valence-corrected chi connectivity index (χ2v) is 7.87. The van der Waals surface area contributed by atoms with Crippen molar-refractivity contribution in [1.82, 2.24) is 15.1 Å². The number of primary amides is 1. The Kier molecular flexibility index (Phi) is 6.83. The first-order valence-electron chi connectivity index (χ1n) is 9.90. The van der Waals surface area contributed by atoms with Crippen LogP contribution in [0.25, 0.3) is 0 Å². The second-order valence-electron chi connectivity index (χ2n) is 7.87. The third-order valence-electron chi connectivity index (χ3n) is 5.60. The smallest absolute Gasteiger partial charge is 0.317 e. The second kappa shape index (κ2) is 9.32. The number of nitrogens with one attached hydrogen (secondary N) is 1. The number of amides is 3. The molecule has 0 aliphatic carbocycles. The molecule has 2 fully saturated rings. The molecule has 0 radical (unpaired) electrons. The van der Waals surface area contributed by atoms with Gasteiger partial charge in [-0.15, -0.1) is 0 Å². The fourth-order valence-electron chi connectivity index (χ4n) is 4.10. The van der Waals surface area contributed by atoms with E-state index in [1.165, 1.54) is 6.07 Å². The number of halogens is 2. The van der Waals surface area contributed by atoms with Gasteiger partial charge in [-0.25, -0.2) is 13.6 Å². The number of likely N-dealkylation sites (tertiary alicyclic amines) is 2. The van der Waals surface area contributed by atoms with Gasteiger partial charge < -0.3 is 16.0 Å². The first-order chi connectivity index (χ1) is 13.4. The molecule has 1 aromatic rings. The van der Waals surface area contributed by atoms with E-state index in [2.05, 4.69) is 10.2 Å². The minimum Gasteiger partial charge on any atom is -0.370 e. The summed E-state index contributed by atoms with van der Waals surface area (Å²) in [5.74, 6) is -1.83. The van der Waals surface area contributed by atoms with E-state index in [-0.39, 0.29) is 23.9 Å². The van der Waals surface area contributed by atoms with Crippen LogP contribution in [0, 0.1) is 17.6 Å². The Labute approximate surface area is 164 Å². The van der Waals surface area contributed by atoms with Crippen molar-refractivity contribution in [3.63, 3.8) is 0 Å². The number of nitrogens with two attached hydrogens (primary N) is 1. The Bertz CT molecular complexity index is 707. The Balaban J connectivity index is 1.42. The molecule has 2 aliphatic rings. The van der Waals surface area contributed by atoms with Crippen LogP contribution in [0.2, 0.25) is 0 Å². The highest BCUT2D eigenvalue weighted by molar-refractivity contribution is 5.76. The maximum atomic E-state index is 13.3. The predicted molar refractivity (Wildman–Crippen MR) is 101 cm³/mol. The van der Waals surface area contributed by atoms with Gasteiger partial charge in [0.05, 0.1) is 0 Å². The van der Waals surface area contributed by atoms with Gasteiger partial charge in [0.15, 0.2) is 11.6 Å². The molecule has 1 atom stereocenters. The minimum absolute atomic E-state index is 0.0757. The van der Waals surface area contributed by atoms with Crippen LogP contribution in [0.4, 0.5) is 13.6 Å². The van der Waals surface area contributed by atoms with E-state index in [9.17, 15) is 18.4 Å². The zero-order valence-electron chi connectivity index (χ0n) is 16.0. The van der Waals surface area contributed by atoms with Crippen LogP contribution in [0.15, 0.2) is 18.2 Å². The fraction of sp³-hybridized carbons (Fsp3) is 0.600. The molecule has 0 aromatic heterocycles. The van der Waals surface area contributed by atoms with Crippen molar-refractivity contribution < 1.29 is 18.4 Å². The van der Waals surface area contributed by atoms with E-state index in [4.69, 9.17) is 5.73 Å². The zero-order chi connectivity index (χ0) is 20.1. The van der Waals surface area contributed by atoms with Crippen LogP contribution in [-0.2, 0) is 11.3 Å². The summed E-state index contributed by atoms with van der Waals surface area (Å²) in [6.45, 7) is 3.42. The molecule has 0 bridgehead atoms. The summed E-state index contributed by atoms with van der Waals surface area (Å²) in [5.41, 5.74) is 6.02. The summed E-state index contributed by atoms with van der Waals surface area (Å²) in [4.78, 5) is 27.6. The Morgan fingerprint density at radius 1 is 1.11 bits per heavy atom. The van der Waals surface area contributed by atoms with Crippen molar-refractivity contribution in [2.24, 2.45) is 11.7 Å². The van der Waals surface area contributed by atoms with Crippen LogP contribution in [0.3, 0.4) is 0 Å². The van der Waals surface area contributed by atoms with Crippen molar-refractivity contribution >= 4 is 11.9 Å². The molecule has 3 rings (SSSR count). The van der Waals surface area contributed by atoms with E-state index in [0.717, 1.165) is 50.4 Å². The van der Waals surface area contributed by atoms with Crippen molar-refractivity contribution in [2.75, 3.05) is 26.2 Å². The van der Waals surface area contributed by atoms with Crippen LogP contribution in [0.1, 0.15) is 37.7 Å². The monoisotopic (exact) mass is 394 g/mol. The van der Waals surface area contributed by atoms with Gasteiger partial charge in [0.1, 0.15) is 0 Å². The summed E-state index contributed by atoms with van der Waals surface area (Å²) >= 11 is 0. The van der Waals surface area contributed by atoms with Gasteiger partial charge in [-0.05, 0) is 49.3 Å². The molecular weight excluding hydrogens is 366 g/mol. The highest BCUT2D eigenvalue weighted by atomic mass is 19.2. The molecular formula is C20H28F2N4O2. The SMILES string of the molecule is NC(=O)CC1CCCN(C(=O)NC2CCN(Cc3ccc(F)c(F)c3)CC2)C1. The highest BCUT2D eigenvalue weighted by Gasteiger charge is 2.27. The van der Waals surface area contributed by atoms with E-state index in [0.29, 0.717) is 26.1 Å². The van der Waals surface area contributed by atoms with Gasteiger partial charge in [0.2, 0.25) is 5.91 Å². The standard InChI is InChI=1S/C20H28F2N4O2/c21-17-4-3-15(10-18(17)22)12-25-8-5-16(6-9-25)24-20(28)26-7-1-2-14(13-26)11-19(23)27/h3-4,10,14,16H,1-2,5-9,11-13H2,(H2,23,27)(H,24,28). The lowest BCUT2D eigenvalue weighted by Gasteiger charge is -2.36. The molecule has 1 aromatic carbocycles. The number of hydrogen-bond donors (Lipinski definition) is 2. The van der Waals surface area contributed by atoms with Gasteiger partial charge in [-0.1, -0.05) is 6.07 Å². The predicted octanol–water partition coefficient (Wildman–Crippen LogP) is 2.23. The van der Waals surface area contributed by atoms with Crippen LogP contribution < -0.4 is 11.1 Å². The summed E-state index contributed by atoms with van der Waals surface area (Å²) < 4.78 is 26.4. The van der Waals surface area contributed by atoms with Crippen LogP contribution in [-0.4, -0.2) is 54.0 Å². The lowest BCUT2D eigenvalue weighted by atomic mass is 9.95. The zero-order valence-corrected chi connectivity index (χ0v) is 16.0. The molecule has 3 N–H and O–H groups in total. The molecule has 2 aliphatic heterocycles. The van der Waals surface area contributed by atoms with Crippen molar-refractivity contribution in [3.05, 3.63) is 35.4 Å². The van der Waals surface area contributed by atoms with Crippen LogP contribution in [0.5, 0.6) is 0 Å². The maximum Gasteiger partial charge on any atom is 0.317 e. The number of rotatable bonds is 5. The molecule has 0 saturated carbocycles. The largest absolute Gasteiger partial charge is 0.370 e. The number of carbonyl (C=O) groups excluding carboxylic acids is 2. The van der Waals surface area contributed by atoms with Gasteiger partial charge in [0, 0.05) is 45.2 Å². The average Bonchev–Trinajstić information content (AvgIpc) is 2.66. The maximum absolute atomic E-state index is 13.3. The molecule has 6 nitrogen and oxygen atoms in total. The summed E-state index contributed by atoms with van der Waals surface area (Å²) in [6.07, 6.45) is 3.77. The summed E-state index contributed by atoms with van der Waals surface area (Å²) in [7, 11) is 0. The van der Waals surface area contributed by atoms with Crippen LogP contribution >= 0.6 is 0 Å². The van der Waals surface area contributed by atoms with Gasteiger partial charge in [0.25, 0.3) is 0 Å². The van der Waals surface area contributed by atoms with Gasteiger partial charge >= 0.3 is 6.03 Å². The van der Waals surface area contributed by atoms with E-state index >= 15 is 0 Å². The lowest BCUT2D eigenvalue weighted by Crippen LogP contribution is -2.51. The number of nitrogens with zero attached hydrogens (tertiary/aromatic N) is 2. The Morgan fingerprint density at radius 3 is 2.54 bits per heavy atom. The molecule has 8 heteroatoms. The minimum atomic E-state index is -0.832. The van der Waals surface area contributed by atoms with Gasteiger partial charge in [-0.2, -0.15) is 0 Å². The summed E-state index contributed by atoms with van der Waals surface area (Å²) in [6, 6.07) is 4.02. The topological polar surface area (TPSA) is 78.7 Å². The molecule has 28 heavy (non-hydrogen) atoms. The quantitative estimate of drug-likeness (QED) is 0.804. The molecule has 2 saturated heterocycles. The van der Waals surface area contributed by atoms with Crippen molar-refractivity contribution in [2.45, 2.75) is 44.7 Å². The third-order valence-corrected chi connectivity index (χ3v) is 5.60. The Morgan fingerprint density at radius 2 is 1.86 bits per heavy atom. The molecule has 0 spiro atoms. The molecule has 1 unspecified atom stereocenters. The first-order valence-corrected chi connectivity index (χ1v) is 9.90. The highest BCUT2D eigenvalue weighted by Crippen LogP contribution is 2.20. The van der Waals surface area contributed by atoms with Crippen molar-refractivity contribution in [1.29, 1.82) is 0 Å². The molecule has 2 heterocycles. The fourth-order valence-corrected chi connectivity index (χ4v) is 4.10. The van der Waals surface area contributed by atoms with E-state index < -0.39 is 11.6 Å². The lowest BCUT2D eigenvalue weighted by molar-refractivity contribution is -0.119. The van der Waals surface area contributed by atoms with E-state index in [1.807, 2.05) is 0 Å². The molecule has 3 amide bonds.